The Morgan fingerprint density at radius 3 is 2.19 bits per heavy atom. The lowest BCUT2D eigenvalue weighted by Gasteiger charge is -2.13. The lowest BCUT2D eigenvalue weighted by Crippen LogP contribution is -2.06. The molecule has 112 valence electrons. The van der Waals surface area contributed by atoms with Crippen molar-refractivity contribution in [2.75, 3.05) is 20.8 Å². The van der Waals surface area contributed by atoms with Gasteiger partial charge in [0.25, 0.3) is 0 Å². The fourth-order valence-corrected chi connectivity index (χ4v) is 1.77. The van der Waals surface area contributed by atoms with Crippen LogP contribution in [0, 0.1) is 5.92 Å². The second-order valence-corrected chi connectivity index (χ2v) is 4.98. The summed E-state index contributed by atoms with van der Waals surface area (Å²) in [5.41, 5.74) is 0.815. The maximum atomic E-state index is 5.84. The fourth-order valence-electron chi connectivity index (χ4n) is 1.77. The molecule has 1 aromatic carbocycles. The second kappa shape index (κ2) is 6.92. The average molecular weight is 288 g/mol. The monoisotopic (exact) mass is 288 g/mol. The molecule has 1 aromatic heterocycles. The molecule has 0 amide bonds. The van der Waals surface area contributed by atoms with Crippen molar-refractivity contribution in [2.45, 2.75) is 13.8 Å². The number of benzene rings is 1. The van der Waals surface area contributed by atoms with E-state index in [9.17, 15) is 0 Å². The summed E-state index contributed by atoms with van der Waals surface area (Å²) in [6.07, 6.45) is 0. The fraction of sp³-hybridized carbons (Fsp3) is 0.375. The predicted octanol–water partition coefficient (Wildman–Crippen LogP) is 3.20. The van der Waals surface area contributed by atoms with E-state index in [-0.39, 0.29) is 0 Å². The number of hydrogen-bond donors (Lipinski definition) is 0. The summed E-state index contributed by atoms with van der Waals surface area (Å²) < 4.78 is 16.2. The Bertz CT molecular complexity index is 578. The van der Waals surface area contributed by atoms with Crippen molar-refractivity contribution in [3.05, 3.63) is 30.3 Å². The summed E-state index contributed by atoms with van der Waals surface area (Å²) in [4.78, 5) is 8.73. The molecular weight excluding hydrogens is 268 g/mol. The molecule has 0 aliphatic carbocycles. The van der Waals surface area contributed by atoms with E-state index in [4.69, 9.17) is 14.2 Å². The Hall–Kier alpha value is -2.30. The molecule has 0 saturated carbocycles. The first-order chi connectivity index (χ1) is 10.1. The van der Waals surface area contributed by atoms with Crippen LogP contribution < -0.4 is 14.2 Å². The predicted molar refractivity (Wildman–Crippen MR) is 80.9 cm³/mol. The molecule has 0 atom stereocenters. The van der Waals surface area contributed by atoms with E-state index in [1.165, 1.54) is 0 Å². The number of hydrogen-bond acceptors (Lipinski definition) is 5. The van der Waals surface area contributed by atoms with Gasteiger partial charge in [0.15, 0.2) is 5.82 Å². The van der Waals surface area contributed by atoms with Crippen LogP contribution in [0.4, 0.5) is 0 Å². The highest BCUT2D eigenvalue weighted by molar-refractivity contribution is 5.64. The van der Waals surface area contributed by atoms with Gasteiger partial charge in [0.2, 0.25) is 11.8 Å². The van der Waals surface area contributed by atoms with Crippen molar-refractivity contribution in [3.8, 4) is 28.9 Å². The molecule has 0 bridgehead atoms. The van der Waals surface area contributed by atoms with Gasteiger partial charge in [-0.1, -0.05) is 26.0 Å². The Balaban J connectivity index is 2.41. The number of ether oxygens (including phenoxy) is 3. The zero-order valence-corrected chi connectivity index (χ0v) is 12.8. The molecule has 0 radical (unpaired) electrons. The zero-order valence-electron chi connectivity index (χ0n) is 12.8. The molecule has 0 unspecified atom stereocenters. The minimum absolute atomic E-state index is 0.443. The number of rotatable bonds is 6. The molecule has 2 rings (SSSR count). The molecule has 2 aromatic rings. The van der Waals surface area contributed by atoms with Gasteiger partial charge in [-0.2, -0.15) is 9.97 Å². The molecule has 0 spiro atoms. The van der Waals surface area contributed by atoms with Gasteiger partial charge >= 0.3 is 0 Å². The van der Waals surface area contributed by atoms with Gasteiger partial charge in [-0.25, -0.2) is 0 Å². The smallest absolute Gasteiger partial charge is 0.220 e. The van der Waals surface area contributed by atoms with Crippen LogP contribution in [0.25, 0.3) is 11.4 Å². The van der Waals surface area contributed by atoms with Gasteiger partial charge in [-0.15, -0.1) is 0 Å². The summed E-state index contributed by atoms with van der Waals surface area (Å²) in [6.45, 7) is 4.85. The summed E-state index contributed by atoms with van der Waals surface area (Å²) in [5.74, 6) is 2.62. The summed E-state index contributed by atoms with van der Waals surface area (Å²) in [5, 5.41) is 0. The highest BCUT2D eigenvalue weighted by atomic mass is 16.5. The van der Waals surface area contributed by atoms with Gasteiger partial charge < -0.3 is 14.2 Å². The number of methoxy groups -OCH3 is 2. The van der Waals surface area contributed by atoms with E-state index < -0.39 is 0 Å². The molecule has 0 fully saturated rings. The first-order valence-electron chi connectivity index (χ1n) is 6.83. The highest BCUT2D eigenvalue weighted by Gasteiger charge is 2.12. The van der Waals surface area contributed by atoms with E-state index in [1.54, 1.807) is 20.3 Å². The van der Waals surface area contributed by atoms with Crippen molar-refractivity contribution in [3.63, 3.8) is 0 Å². The quantitative estimate of drug-likeness (QED) is 0.817. The van der Waals surface area contributed by atoms with Gasteiger partial charge in [-0.05, 0) is 18.1 Å². The van der Waals surface area contributed by atoms with Gasteiger partial charge in [-0.3, -0.25) is 0 Å². The molecule has 0 aliphatic heterocycles. The normalized spacial score (nSPS) is 10.5. The number of nitrogens with zero attached hydrogens (tertiary/aromatic N) is 2. The van der Waals surface area contributed by atoms with Crippen LogP contribution in [-0.4, -0.2) is 30.8 Å². The Kier molecular flexibility index (Phi) is 4.98. The van der Waals surface area contributed by atoms with Crippen LogP contribution in [-0.2, 0) is 0 Å². The third-order valence-electron chi connectivity index (χ3n) is 2.80. The first-order valence-corrected chi connectivity index (χ1v) is 6.83. The topological polar surface area (TPSA) is 53.5 Å². The minimum atomic E-state index is 0.443. The second-order valence-electron chi connectivity index (χ2n) is 4.98. The maximum absolute atomic E-state index is 5.84. The molecule has 0 N–H and O–H groups in total. The van der Waals surface area contributed by atoms with E-state index in [1.807, 2.05) is 24.3 Å². The molecular formula is C16H20N2O3. The van der Waals surface area contributed by atoms with Crippen LogP contribution in [0.3, 0.4) is 0 Å². The van der Waals surface area contributed by atoms with Crippen molar-refractivity contribution in [1.82, 2.24) is 9.97 Å². The van der Waals surface area contributed by atoms with Crippen LogP contribution in [0.15, 0.2) is 30.3 Å². The SMILES string of the molecule is COc1cc(OC)nc(-c2ccccc2OCC(C)C)n1. The van der Waals surface area contributed by atoms with Crippen LogP contribution in [0.2, 0.25) is 0 Å². The molecule has 5 heteroatoms. The van der Waals surface area contributed by atoms with Gasteiger partial charge in [0.05, 0.1) is 32.5 Å². The van der Waals surface area contributed by atoms with Crippen LogP contribution in [0.5, 0.6) is 17.5 Å². The van der Waals surface area contributed by atoms with Crippen molar-refractivity contribution < 1.29 is 14.2 Å². The van der Waals surface area contributed by atoms with E-state index in [0.29, 0.717) is 30.1 Å². The Morgan fingerprint density at radius 1 is 1.00 bits per heavy atom. The van der Waals surface area contributed by atoms with E-state index in [2.05, 4.69) is 23.8 Å². The lowest BCUT2D eigenvalue weighted by molar-refractivity contribution is 0.272. The standard InChI is InChI=1S/C16H20N2O3/c1-11(2)10-21-13-8-6-5-7-12(13)16-17-14(19-3)9-15(18-16)20-4/h5-9,11H,10H2,1-4H3. The summed E-state index contributed by atoms with van der Waals surface area (Å²) in [7, 11) is 3.12. The minimum Gasteiger partial charge on any atom is -0.493 e. The average Bonchev–Trinajstić information content (AvgIpc) is 2.52. The molecule has 0 aliphatic rings. The van der Waals surface area contributed by atoms with Crippen molar-refractivity contribution >= 4 is 0 Å². The number of para-hydroxylation sites is 1. The largest absolute Gasteiger partial charge is 0.493 e. The number of aromatic nitrogens is 2. The molecule has 0 saturated heterocycles. The van der Waals surface area contributed by atoms with Crippen LogP contribution in [0.1, 0.15) is 13.8 Å². The Morgan fingerprint density at radius 2 is 1.62 bits per heavy atom. The van der Waals surface area contributed by atoms with Gasteiger partial charge in [0.1, 0.15) is 5.75 Å². The Labute approximate surface area is 124 Å². The maximum Gasteiger partial charge on any atom is 0.220 e. The first kappa shape index (κ1) is 15.1. The lowest BCUT2D eigenvalue weighted by atomic mass is 10.2. The molecule has 5 nitrogen and oxygen atoms in total. The third-order valence-corrected chi connectivity index (χ3v) is 2.80. The van der Waals surface area contributed by atoms with E-state index in [0.717, 1.165) is 11.3 Å². The van der Waals surface area contributed by atoms with Gasteiger partial charge in [0, 0.05) is 0 Å². The highest BCUT2D eigenvalue weighted by Crippen LogP contribution is 2.30. The zero-order chi connectivity index (χ0) is 15.2. The van der Waals surface area contributed by atoms with E-state index >= 15 is 0 Å². The van der Waals surface area contributed by atoms with Crippen molar-refractivity contribution in [2.24, 2.45) is 5.92 Å². The summed E-state index contributed by atoms with van der Waals surface area (Å²) >= 11 is 0. The molecule has 21 heavy (non-hydrogen) atoms. The van der Waals surface area contributed by atoms with Crippen molar-refractivity contribution in [1.29, 1.82) is 0 Å². The summed E-state index contributed by atoms with van der Waals surface area (Å²) in [6, 6.07) is 9.32. The third kappa shape index (κ3) is 3.84. The van der Waals surface area contributed by atoms with Crippen LogP contribution >= 0.6 is 0 Å². The molecule has 1 heterocycles.